The van der Waals surface area contributed by atoms with Crippen molar-refractivity contribution in [1.82, 2.24) is 0 Å². The molecule has 0 aliphatic heterocycles. The van der Waals surface area contributed by atoms with Gasteiger partial charge in [0.05, 0.1) is 17.2 Å². The fourth-order valence-electron chi connectivity index (χ4n) is 1.95. The Kier molecular flexibility index (Phi) is 6.02. The second kappa shape index (κ2) is 7.99. The summed E-state index contributed by atoms with van der Waals surface area (Å²) in [6.45, 7) is 0. The molecule has 2 aromatic carbocycles. The van der Waals surface area contributed by atoms with Crippen molar-refractivity contribution in [2.24, 2.45) is 0 Å². The lowest BCUT2D eigenvalue weighted by molar-refractivity contribution is -0.116. The molecule has 120 valence electrons. The van der Waals surface area contributed by atoms with Gasteiger partial charge >= 0.3 is 0 Å². The fraction of sp³-hybridized carbons (Fsp3) is 0.176. The molecule has 0 aromatic heterocycles. The van der Waals surface area contributed by atoms with E-state index >= 15 is 0 Å². The van der Waals surface area contributed by atoms with Crippen LogP contribution in [0.25, 0.3) is 0 Å². The molecule has 2 aromatic rings. The van der Waals surface area contributed by atoms with Crippen LogP contribution in [-0.2, 0) is 4.79 Å². The number of rotatable bonds is 6. The van der Waals surface area contributed by atoms with Crippen molar-refractivity contribution in [3.05, 3.63) is 58.1 Å². The molecular formula is C17H15Cl2NO3. The lowest BCUT2D eigenvalue weighted by Crippen LogP contribution is -2.13. The van der Waals surface area contributed by atoms with Gasteiger partial charge in [-0.25, -0.2) is 0 Å². The topological polar surface area (TPSA) is 55.4 Å². The summed E-state index contributed by atoms with van der Waals surface area (Å²) in [5, 5.41) is 3.46. The SMILES string of the molecule is COc1ccc(C(=O)CCC(=O)Nc2ccc(Cl)c(Cl)c2)cc1. The first kappa shape index (κ1) is 17.3. The number of amides is 1. The number of benzene rings is 2. The maximum Gasteiger partial charge on any atom is 0.224 e. The zero-order chi connectivity index (χ0) is 16.8. The van der Waals surface area contributed by atoms with E-state index in [1.807, 2.05) is 0 Å². The van der Waals surface area contributed by atoms with E-state index in [-0.39, 0.29) is 24.5 Å². The van der Waals surface area contributed by atoms with Crippen molar-refractivity contribution in [1.29, 1.82) is 0 Å². The molecule has 0 saturated heterocycles. The molecule has 2 rings (SSSR count). The van der Waals surface area contributed by atoms with E-state index in [4.69, 9.17) is 27.9 Å². The van der Waals surface area contributed by atoms with Crippen LogP contribution in [0.3, 0.4) is 0 Å². The molecule has 0 spiro atoms. The molecule has 0 aliphatic rings. The molecule has 4 nitrogen and oxygen atoms in total. The summed E-state index contributed by atoms with van der Waals surface area (Å²) < 4.78 is 5.04. The molecular weight excluding hydrogens is 337 g/mol. The Bertz CT molecular complexity index is 714. The van der Waals surface area contributed by atoms with Gasteiger partial charge in [0.25, 0.3) is 0 Å². The Hall–Kier alpha value is -2.04. The molecule has 0 unspecified atom stereocenters. The average Bonchev–Trinajstić information content (AvgIpc) is 2.56. The van der Waals surface area contributed by atoms with E-state index in [0.717, 1.165) is 0 Å². The molecule has 0 bridgehead atoms. The number of ether oxygens (including phenoxy) is 1. The summed E-state index contributed by atoms with van der Waals surface area (Å²) in [4.78, 5) is 23.9. The summed E-state index contributed by atoms with van der Waals surface area (Å²) in [5.74, 6) is 0.320. The zero-order valence-corrected chi connectivity index (χ0v) is 13.9. The minimum atomic E-state index is -0.259. The predicted octanol–water partition coefficient (Wildman–Crippen LogP) is 4.60. The third-order valence-corrected chi connectivity index (χ3v) is 3.93. The van der Waals surface area contributed by atoms with Gasteiger partial charge in [0.2, 0.25) is 5.91 Å². The molecule has 0 aliphatic carbocycles. The number of nitrogens with one attached hydrogen (secondary N) is 1. The van der Waals surface area contributed by atoms with Crippen molar-refractivity contribution >= 4 is 40.6 Å². The third kappa shape index (κ3) is 4.98. The van der Waals surface area contributed by atoms with Crippen molar-refractivity contribution in [3.8, 4) is 5.75 Å². The van der Waals surface area contributed by atoms with E-state index < -0.39 is 0 Å². The summed E-state index contributed by atoms with van der Waals surface area (Å²) in [6.07, 6.45) is 0.213. The number of carbonyl (C=O) groups is 2. The highest BCUT2D eigenvalue weighted by molar-refractivity contribution is 6.42. The van der Waals surface area contributed by atoms with E-state index in [1.165, 1.54) is 0 Å². The average molecular weight is 352 g/mol. The van der Waals surface area contributed by atoms with E-state index in [9.17, 15) is 9.59 Å². The van der Waals surface area contributed by atoms with E-state index in [2.05, 4.69) is 5.32 Å². The smallest absolute Gasteiger partial charge is 0.224 e. The first-order valence-electron chi connectivity index (χ1n) is 6.92. The minimum Gasteiger partial charge on any atom is -0.497 e. The van der Waals surface area contributed by atoms with Crippen molar-refractivity contribution in [2.75, 3.05) is 12.4 Å². The third-order valence-electron chi connectivity index (χ3n) is 3.19. The van der Waals surface area contributed by atoms with Crippen LogP contribution in [0, 0.1) is 0 Å². The van der Waals surface area contributed by atoms with Crippen molar-refractivity contribution in [2.45, 2.75) is 12.8 Å². The highest BCUT2D eigenvalue weighted by Gasteiger charge is 2.10. The van der Waals surface area contributed by atoms with Gasteiger partial charge in [0, 0.05) is 24.1 Å². The number of ketones is 1. The summed E-state index contributed by atoms with van der Waals surface area (Å²) in [6, 6.07) is 11.6. The number of halogens is 2. The highest BCUT2D eigenvalue weighted by Crippen LogP contribution is 2.25. The molecule has 1 N–H and O–H groups in total. The monoisotopic (exact) mass is 351 g/mol. The lowest BCUT2D eigenvalue weighted by atomic mass is 10.1. The number of hydrogen-bond donors (Lipinski definition) is 1. The fourth-order valence-corrected chi connectivity index (χ4v) is 2.24. The van der Waals surface area contributed by atoms with Gasteiger partial charge in [-0.2, -0.15) is 0 Å². The number of Topliss-reactive ketones (excluding diaryl/α,β-unsaturated/α-hetero) is 1. The van der Waals surface area contributed by atoms with Gasteiger partial charge in [-0.1, -0.05) is 23.2 Å². The van der Waals surface area contributed by atoms with Crippen LogP contribution in [0.1, 0.15) is 23.2 Å². The Morgan fingerprint density at radius 2 is 1.70 bits per heavy atom. The number of hydrogen-bond acceptors (Lipinski definition) is 3. The van der Waals surface area contributed by atoms with Crippen LogP contribution >= 0.6 is 23.2 Å². The summed E-state index contributed by atoms with van der Waals surface area (Å²) in [5.41, 5.74) is 1.09. The maximum atomic E-state index is 12.0. The van der Waals surface area contributed by atoms with Gasteiger partial charge in [-0.3, -0.25) is 9.59 Å². The van der Waals surface area contributed by atoms with Crippen LogP contribution in [0.2, 0.25) is 10.0 Å². The van der Waals surface area contributed by atoms with Crippen LogP contribution in [0.15, 0.2) is 42.5 Å². The van der Waals surface area contributed by atoms with Gasteiger partial charge in [0.15, 0.2) is 5.78 Å². The largest absolute Gasteiger partial charge is 0.497 e. The van der Waals surface area contributed by atoms with Crippen LogP contribution in [0.5, 0.6) is 5.75 Å². The number of carbonyl (C=O) groups excluding carboxylic acids is 2. The Morgan fingerprint density at radius 1 is 1.00 bits per heavy atom. The van der Waals surface area contributed by atoms with Gasteiger partial charge in [-0.05, 0) is 42.5 Å². The lowest BCUT2D eigenvalue weighted by Gasteiger charge is -2.06. The van der Waals surface area contributed by atoms with Crippen LogP contribution < -0.4 is 10.1 Å². The van der Waals surface area contributed by atoms with E-state index in [0.29, 0.717) is 27.0 Å². The molecule has 0 radical (unpaired) electrons. The zero-order valence-electron chi connectivity index (χ0n) is 12.4. The second-order valence-electron chi connectivity index (χ2n) is 4.83. The van der Waals surface area contributed by atoms with Gasteiger partial charge in [0.1, 0.15) is 5.75 Å². The molecule has 0 saturated carbocycles. The second-order valence-corrected chi connectivity index (χ2v) is 5.64. The quantitative estimate of drug-likeness (QED) is 0.773. The number of anilines is 1. The van der Waals surface area contributed by atoms with Crippen molar-refractivity contribution < 1.29 is 14.3 Å². The first-order valence-corrected chi connectivity index (χ1v) is 7.67. The standard InChI is InChI=1S/C17H15Cl2NO3/c1-23-13-5-2-11(3-6-13)16(21)8-9-17(22)20-12-4-7-14(18)15(19)10-12/h2-7,10H,8-9H2,1H3,(H,20,22). The molecule has 0 heterocycles. The van der Waals surface area contributed by atoms with Crippen LogP contribution in [0.4, 0.5) is 5.69 Å². The Balaban J connectivity index is 1.87. The Morgan fingerprint density at radius 3 is 2.30 bits per heavy atom. The van der Waals surface area contributed by atoms with Gasteiger partial charge < -0.3 is 10.1 Å². The molecule has 0 fully saturated rings. The minimum absolute atomic E-state index is 0.0884. The van der Waals surface area contributed by atoms with Crippen molar-refractivity contribution in [3.63, 3.8) is 0 Å². The summed E-state index contributed by atoms with van der Waals surface area (Å²) in [7, 11) is 1.56. The van der Waals surface area contributed by atoms with E-state index in [1.54, 1.807) is 49.6 Å². The maximum absolute atomic E-state index is 12.0. The first-order chi connectivity index (χ1) is 11.0. The number of methoxy groups -OCH3 is 1. The molecule has 23 heavy (non-hydrogen) atoms. The van der Waals surface area contributed by atoms with Gasteiger partial charge in [-0.15, -0.1) is 0 Å². The van der Waals surface area contributed by atoms with Crippen LogP contribution in [-0.4, -0.2) is 18.8 Å². The molecule has 0 atom stereocenters. The predicted molar refractivity (Wildman–Crippen MR) is 91.7 cm³/mol. The molecule has 6 heteroatoms. The summed E-state index contributed by atoms with van der Waals surface area (Å²) >= 11 is 11.7. The Labute approximate surface area is 144 Å². The molecule has 1 amide bonds. The normalized spacial score (nSPS) is 10.2. The highest BCUT2D eigenvalue weighted by atomic mass is 35.5.